The van der Waals surface area contributed by atoms with E-state index in [4.69, 9.17) is 4.74 Å². The molecule has 144 valence electrons. The fourth-order valence-corrected chi connectivity index (χ4v) is 3.31. The third-order valence-corrected chi connectivity index (χ3v) is 4.95. The number of hydrogen-bond donors (Lipinski definition) is 1. The Hall–Kier alpha value is -3.06. The normalized spacial score (nSPS) is 10.7. The molecule has 1 N–H and O–H groups in total. The maximum Gasteiger partial charge on any atom is 0.312 e. The quantitative estimate of drug-likeness (QED) is 0.610. The first-order valence-electron chi connectivity index (χ1n) is 8.91. The molecule has 0 fully saturated rings. The number of ether oxygens (including phenoxy) is 1. The van der Waals surface area contributed by atoms with Gasteiger partial charge in [-0.15, -0.1) is 11.3 Å². The van der Waals surface area contributed by atoms with Gasteiger partial charge in [-0.1, -0.05) is 26.0 Å². The van der Waals surface area contributed by atoms with Crippen molar-refractivity contribution >= 4 is 28.9 Å². The zero-order valence-electron chi connectivity index (χ0n) is 15.7. The third kappa shape index (κ3) is 5.47. The van der Waals surface area contributed by atoms with Crippen molar-refractivity contribution in [3.05, 3.63) is 65.4 Å². The molecule has 0 saturated heterocycles. The van der Waals surface area contributed by atoms with Gasteiger partial charge in [0.1, 0.15) is 5.01 Å². The summed E-state index contributed by atoms with van der Waals surface area (Å²) in [7, 11) is 0. The monoisotopic (exact) mass is 395 g/mol. The summed E-state index contributed by atoms with van der Waals surface area (Å²) in [5, 5.41) is 5.31. The highest BCUT2D eigenvalue weighted by Crippen LogP contribution is 2.23. The van der Waals surface area contributed by atoms with Crippen LogP contribution in [0.25, 0.3) is 10.6 Å². The fourth-order valence-electron chi connectivity index (χ4n) is 2.50. The molecule has 0 saturated carbocycles. The summed E-state index contributed by atoms with van der Waals surface area (Å²) < 4.78 is 5.06. The van der Waals surface area contributed by atoms with Crippen molar-refractivity contribution < 1.29 is 14.3 Å². The number of esters is 1. The number of carbonyl (C=O) groups excluding carboxylic acids is 2. The van der Waals surface area contributed by atoms with E-state index in [9.17, 15) is 9.59 Å². The van der Waals surface area contributed by atoms with E-state index >= 15 is 0 Å². The highest BCUT2D eigenvalue weighted by atomic mass is 32.1. The minimum Gasteiger partial charge on any atom is -0.455 e. The molecule has 0 spiro atoms. The molecule has 0 radical (unpaired) electrons. The van der Waals surface area contributed by atoms with E-state index in [0.717, 1.165) is 10.6 Å². The molecule has 0 atom stereocenters. The maximum absolute atomic E-state index is 12.0. The molecule has 0 aliphatic carbocycles. The Bertz CT molecular complexity index is 937. The largest absolute Gasteiger partial charge is 0.455 e. The number of nitrogens with zero attached hydrogens (tertiary/aromatic N) is 2. The van der Waals surface area contributed by atoms with Crippen molar-refractivity contribution in [3.63, 3.8) is 0 Å². The minimum atomic E-state index is -0.492. The van der Waals surface area contributed by atoms with E-state index in [2.05, 4.69) is 29.1 Å². The molecule has 2 heterocycles. The Labute approximate surface area is 167 Å². The second-order valence-corrected chi connectivity index (χ2v) is 7.41. The van der Waals surface area contributed by atoms with Crippen molar-refractivity contribution in [2.45, 2.75) is 26.2 Å². The molecule has 0 bridgehead atoms. The first-order chi connectivity index (χ1) is 13.5. The summed E-state index contributed by atoms with van der Waals surface area (Å²) in [5.74, 6) is -0.441. The lowest BCUT2D eigenvalue weighted by Crippen LogP contribution is -2.21. The molecule has 3 rings (SSSR count). The number of aromatic nitrogens is 2. The van der Waals surface area contributed by atoms with Crippen LogP contribution in [0.15, 0.2) is 54.2 Å². The first kappa shape index (κ1) is 19.7. The summed E-state index contributed by atoms with van der Waals surface area (Å²) in [5.41, 5.74) is 3.37. The lowest BCUT2D eigenvalue weighted by atomic mass is 10.0. The third-order valence-electron chi connectivity index (χ3n) is 4.01. The van der Waals surface area contributed by atoms with E-state index in [1.807, 2.05) is 36.4 Å². The first-order valence-corrected chi connectivity index (χ1v) is 9.79. The van der Waals surface area contributed by atoms with E-state index < -0.39 is 5.97 Å². The number of nitrogens with one attached hydrogen (secondary N) is 1. The predicted octanol–water partition coefficient (Wildman–Crippen LogP) is 4.05. The van der Waals surface area contributed by atoms with Gasteiger partial charge in [0.05, 0.1) is 12.1 Å². The second-order valence-electron chi connectivity index (χ2n) is 6.55. The molecule has 7 heteroatoms. The SMILES string of the molecule is CC(C)c1ccc(NC(=O)COC(=O)Cc2csc(-c3cccnc3)n2)cc1. The van der Waals surface area contributed by atoms with E-state index in [-0.39, 0.29) is 18.9 Å². The van der Waals surface area contributed by atoms with E-state index in [1.165, 1.54) is 16.9 Å². The molecule has 0 aliphatic heterocycles. The van der Waals surface area contributed by atoms with Gasteiger partial charge in [0.15, 0.2) is 6.61 Å². The lowest BCUT2D eigenvalue weighted by molar-refractivity contribution is -0.146. The standard InChI is InChI=1S/C21H21N3O3S/c1-14(2)15-5-7-17(8-6-15)23-19(25)12-27-20(26)10-18-13-28-21(24-18)16-4-3-9-22-11-16/h3-9,11,13-14H,10,12H2,1-2H3,(H,23,25). The number of amides is 1. The highest BCUT2D eigenvalue weighted by molar-refractivity contribution is 7.13. The average Bonchev–Trinajstić information content (AvgIpc) is 3.16. The Morgan fingerprint density at radius 3 is 2.64 bits per heavy atom. The van der Waals surface area contributed by atoms with Crippen LogP contribution in [0, 0.1) is 0 Å². The zero-order chi connectivity index (χ0) is 19.9. The summed E-state index contributed by atoms with van der Waals surface area (Å²) in [4.78, 5) is 32.4. The van der Waals surface area contributed by atoms with Gasteiger partial charge in [0, 0.05) is 29.0 Å². The number of rotatable bonds is 7. The summed E-state index contributed by atoms with van der Waals surface area (Å²) in [6.07, 6.45) is 3.44. The molecule has 28 heavy (non-hydrogen) atoms. The van der Waals surface area contributed by atoms with Gasteiger partial charge in [-0.05, 0) is 35.7 Å². The van der Waals surface area contributed by atoms with Crippen molar-refractivity contribution in [1.29, 1.82) is 0 Å². The van der Waals surface area contributed by atoms with E-state index in [1.54, 1.807) is 17.8 Å². The number of benzene rings is 1. The zero-order valence-corrected chi connectivity index (χ0v) is 16.5. The van der Waals surface area contributed by atoms with Crippen LogP contribution in [0.1, 0.15) is 31.0 Å². The van der Waals surface area contributed by atoms with Crippen LogP contribution in [-0.2, 0) is 20.7 Å². The predicted molar refractivity (Wildman–Crippen MR) is 109 cm³/mol. The number of anilines is 1. The molecule has 1 aromatic carbocycles. The van der Waals surface area contributed by atoms with Gasteiger partial charge < -0.3 is 10.1 Å². The lowest BCUT2D eigenvalue weighted by Gasteiger charge is -2.08. The van der Waals surface area contributed by atoms with Crippen LogP contribution in [0.3, 0.4) is 0 Å². The molecule has 0 unspecified atom stereocenters. The van der Waals surface area contributed by atoms with Crippen LogP contribution in [0.4, 0.5) is 5.69 Å². The highest BCUT2D eigenvalue weighted by Gasteiger charge is 2.12. The van der Waals surface area contributed by atoms with Crippen LogP contribution in [0.5, 0.6) is 0 Å². The van der Waals surface area contributed by atoms with Crippen LogP contribution in [-0.4, -0.2) is 28.5 Å². The van der Waals surface area contributed by atoms with Gasteiger partial charge in [-0.25, -0.2) is 4.98 Å². The smallest absolute Gasteiger partial charge is 0.312 e. The van der Waals surface area contributed by atoms with Gasteiger partial charge >= 0.3 is 5.97 Å². The second kappa shape index (κ2) is 9.23. The fraction of sp³-hybridized carbons (Fsp3) is 0.238. The Balaban J connectivity index is 1.46. The van der Waals surface area contributed by atoms with Gasteiger partial charge in [0.2, 0.25) is 0 Å². The van der Waals surface area contributed by atoms with Crippen molar-refractivity contribution in [1.82, 2.24) is 9.97 Å². The van der Waals surface area contributed by atoms with Gasteiger partial charge in [-0.3, -0.25) is 14.6 Å². The Morgan fingerprint density at radius 1 is 1.18 bits per heavy atom. The summed E-state index contributed by atoms with van der Waals surface area (Å²) in [6.45, 7) is 3.88. The van der Waals surface area contributed by atoms with Gasteiger partial charge in [-0.2, -0.15) is 0 Å². The number of hydrogen-bond acceptors (Lipinski definition) is 6. The molecular formula is C21H21N3O3S. The molecule has 0 aliphatic rings. The Morgan fingerprint density at radius 2 is 1.96 bits per heavy atom. The molecule has 2 aromatic heterocycles. The van der Waals surface area contributed by atoms with Crippen LogP contribution >= 0.6 is 11.3 Å². The maximum atomic E-state index is 12.0. The van der Waals surface area contributed by atoms with Crippen molar-refractivity contribution in [3.8, 4) is 10.6 Å². The topological polar surface area (TPSA) is 81.2 Å². The van der Waals surface area contributed by atoms with Gasteiger partial charge in [0.25, 0.3) is 5.91 Å². The van der Waals surface area contributed by atoms with Crippen molar-refractivity contribution in [2.24, 2.45) is 0 Å². The number of pyridine rings is 1. The average molecular weight is 395 g/mol. The molecule has 6 nitrogen and oxygen atoms in total. The van der Waals surface area contributed by atoms with E-state index in [0.29, 0.717) is 17.3 Å². The number of carbonyl (C=O) groups is 2. The van der Waals surface area contributed by atoms with Crippen LogP contribution < -0.4 is 5.32 Å². The molecule has 3 aromatic rings. The Kier molecular flexibility index (Phi) is 6.49. The molecule has 1 amide bonds. The minimum absolute atomic E-state index is 0.0210. The van der Waals surface area contributed by atoms with Crippen molar-refractivity contribution in [2.75, 3.05) is 11.9 Å². The number of thiazole rings is 1. The van der Waals surface area contributed by atoms with Crippen LogP contribution in [0.2, 0.25) is 0 Å². The molecular weight excluding hydrogens is 374 g/mol. The summed E-state index contributed by atoms with van der Waals surface area (Å²) in [6, 6.07) is 11.4. The summed E-state index contributed by atoms with van der Waals surface area (Å²) >= 11 is 1.44.